The van der Waals surface area contributed by atoms with Crippen LogP contribution in [0.2, 0.25) is 0 Å². The van der Waals surface area contributed by atoms with Gasteiger partial charge in [-0.25, -0.2) is 0 Å². The maximum atomic E-state index is 13.3. The number of nitrogens with zero attached hydrogens (tertiary/aromatic N) is 3. The van der Waals surface area contributed by atoms with Crippen molar-refractivity contribution in [3.05, 3.63) is 63.6 Å². The minimum Gasteiger partial charge on any atom is -0.467 e. The van der Waals surface area contributed by atoms with Crippen LogP contribution in [0.4, 0.5) is 5.69 Å². The Hall–Kier alpha value is -3.20. The van der Waals surface area contributed by atoms with Crippen LogP contribution in [-0.4, -0.2) is 58.4 Å². The average Bonchev–Trinajstić information content (AvgIpc) is 3.23. The van der Waals surface area contributed by atoms with Gasteiger partial charge in [-0.2, -0.15) is 0 Å². The second-order valence-corrected chi connectivity index (χ2v) is 8.41. The van der Waals surface area contributed by atoms with Gasteiger partial charge < -0.3 is 19.0 Å². The molecule has 2 heterocycles. The van der Waals surface area contributed by atoms with Crippen molar-refractivity contribution in [2.24, 2.45) is 0 Å². The lowest BCUT2D eigenvalue weighted by Gasteiger charge is -2.29. The number of amides is 2. The Morgan fingerprint density at radius 3 is 2.66 bits per heavy atom. The minimum atomic E-state index is -0.495. The van der Waals surface area contributed by atoms with Crippen molar-refractivity contribution >= 4 is 17.5 Å². The number of carbonyl (C=O) groups is 2. The summed E-state index contributed by atoms with van der Waals surface area (Å²) in [6.07, 6.45) is 5.02. The van der Waals surface area contributed by atoms with Gasteiger partial charge in [0.05, 0.1) is 23.8 Å². The van der Waals surface area contributed by atoms with E-state index in [0.29, 0.717) is 31.0 Å². The zero-order chi connectivity index (χ0) is 22.7. The molecule has 0 bridgehead atoms. The first-order valence-electron chi connectivity index (χ1n) is 10.9. The van der Waals surface area contributed by atoms with E-state index < -0.39 is 4.92 Å². The lowest BCUT2D eigenvalue weighted by molar-refractivity contribution is -0.385. The van der Waals surface area contributed by atoms with E-state index in [-0.39, 0.29) is 41.8 Å². The highest BCUT2D eigenvalue weighted by Crippen LogP contribution is 2.30. The summed E-state index contributed by atoms with van der Waals surface area (Å²) in [5, 5.41) is 11.3. The maximum absolute atomic E-state index is 13.3. The van der Waals surface area contributed by atoms with Gasteiger partial charge in [-0.3, -0.25) is 19.7 Å². The van der Waals surface area contributed by atoms with E-state index >= 15 is 0 Å². The van der Waals surface area contributed by atoms with Gasteiger partial charge in [-0.05, 0) is 50.8 Å². The normalized spacial score (nSPS) is 17.8. The molecule has 1 aliphatic carbocycles. The van der Waals surface area contributed by atoms with Crippen LogP contribution in [0.1, 0.15) is 47.4 Å². The first kappa shape index (κ1) is 22.0. The van der Waals surface area contributed by atoms with Crippen LogP contribution < -0.4 is 0 Å². The molecule has 1 saturated heterocycles. The summed E-state index contributed by atoms with van der Waals surface area (Å²) in [6, 6.07) is 8.00. The van der Waals surface area contributed by atoms with E-state index in [0.717, 1.165) is 25.7 Å². The van der Waals surface area contributed by atoms with Crippen LogP contribution >= 0.6 is 0 Å². The van der Waals surface area contributed by atoms with E-state index in [1.54, 1.807) is 41.2 Å². The van der Waals surface area contributed by atoms with Gasteiger partial charge in [-0.15, -0.1) is 0 Å². The summed E-state index contributed by atoms with van der Waals surface area (Å²) in [5.74, 6) is 0.104. The number of furan rings is 1. The zero-order valence-electron chi connectivity index (χ0n) is 18.1. The van der Waals surface area contributed by atoms with Crippen molar-refractivity contribution in [3.63, 3.8) is 0 Å². The molecule has 2 amide bonds. The molecule has 0 N–H and O–H groups in total. The van der Waals surface area contributed by atoms with Gasteiger partial charge in [0.2, 0.25) is 5.91 Å². The molecule has 1 atom stereocenters. The van der Waals surface area contributed by atoms with Gasteiger partial charge in [0.1, 0.15) is 12.3 Å². The summed E-state index contributed by atoms with van der Waals surface area (Å²) in [7, 11) is 0. The first-order valence-corrected chi connectivity index (χ1v) is 10.9. The highest BCUT2D eigenvalue weighted by atomic mass is 16.6. The van der Waals surface area contributed by atoms with Crippen molar-refractivity contribution in [1.29, 1.82) is 0 Å². The molecule has 0 spiro atoms. The molecule has 1 saturated carbocycles. The van der Waals surface area contributed by atoms with E-state index in [1.807, 2.05) is 6.07 Å². The molecule has 0 radical (unpaired) electrons. The molecule has 2 fully saturated rings. The van der Waals surface area contributed by atoms with Gasteiger partial charge in [0, 0.05) is 36.4 Å². The molecule has 9 nitrogen and oxygen atoms in total. The number of nitro benzene ring substituents is 1. The van der Waals surface area contributed by atoms with Crippen molar-refractivity contribution < 1.29 is 23.7 Å². The molecule has 4 rings (SSSR count). The maximum Gasteiger partial charge on any atom is 0.273 e. The van der Waals surface area contributed by atoms with Crippen molar-refractivity contribution in [2.75, 3.05) is 19.7 Å². The molecular formula is C23H27N3O6. The number of hydrogen-bond donors (Lipinski definition) is 0. The Bertz CT molecular complexity index is 980. The van der Waals surface area contributed by atoms with Gasteiger partial charge in [0.15, 0.2) is 0 Å². The number of benzene rings is 1. The van der Waals surface area contributed by atoms with Crippen molar-refractivity contribution in [1.82, 2.24) is 9.80 Å². The third-order valence-corrected chi connectivity index (χ3v) is 5.93. The highest BCUT2D eigenvalue weighted by Gasteiger charge is 2.36. The predicted octanol–water partition coefficient (Wildman–Crippen LogP) is 3.31. The van der Waals surface area contributed by atoms with Gasteiger partial charge in [0.25, 0.3) is 11.6 Å². The molecule has 1 unspecified atom stereocenters. The van der Waals surface area contributed by atoms with E-state index in [1.165, 1.54) is 6.07 Å². The van der Waals surface area contributed by atoms with E-state index in [9.17, 15) is 19.7 Å². The Labute approximate surface area is 186 Å². The molecule has 1 aliphatic heterocycles. The summed E-state index contributed by atoms with van der Waals surface area (Å²) in [5.41, 5.74) is 0.608. The zero-order valence-corrected chi connectivity index (χ0v) is 18.1. The second-order valence-electron chi connectivity index (χ2n) is 8.41. The number of carbonyl (C=O) groups excluding carboxylic acids is 2. The summed E-state index contributed by atoms with van der Waals surface area (Å²) in [4.78, 5) is 40.5. The van der Waals surface area contributed by atoms with Crippen molar-refractivity contribution in [2.45, 2.75) is 51.3 Å². The number of aryl methyl sites for hydroxylation is 1. The highest BCUT2D eigenvalue weighted by molar-refractivity contribution is 5.97. The van der Waals surface area contributed by atoms with Crippen LogP contribution in [0.15, 0.2) is 41.0 Å². The molecular weight excluding hydrogens is 414 g/mol. The number of nitro groups is 1. The van der Waals surface area contributed by atoms with Crippen LogP contribution in [0.5, 0.6) is 0 Å². The summed E-state index contributed by atoms with van der Waals surface area (Å²) >= 11 is 0. The lowest BCUT2D eigenvalue weighted by atomic mass is 10.1. The smallest absolute Gasteiger partial charge is 0.273 e. The quantitative estimate of drug-likeness (QED) is 0.437. The molecule has 2 aliphatic rings. The molecule has 1 aromatic carbocycles. The first-order chi connectivity index (χ1) is 15.4. The molecule has 1 aromatic heterocycles. The summed E-state index contributed by atoms with van der Waals surface area (Å²) in [6.45, 7) is 2.97. The monoisotopic (exact) mass is 441 g/mol. The second kappa shape index (κ2) is 9.52. The fourth-order valence-electron chi connectivity index (χ4n) is 3.98. The van der Waals surface area contributed by atoms with E-state index in [2.05, 4.69) is 0 Å². The third kappa shape index (κ3) is 5.16. The molecule has 32 heavy (non-hydrogen) atoms. The Morgan fingerprint density at radius 1 is 1.22 bits per heavy atom. The molecule has 170 valence electrons. The standard InChI is InChI=1S/C23H27N3O6/c1-16-6-7-17(12-21(16)26(29)30)23(28)25(18-8-9-18)15-22(27)24(13-19-4-2-10-31-19)14-20-5-3-11-32-20/h2,4,6-7,10,12,18,20H,3,5,8-9,11,13-15H2,1H3. The third-order valence-electron chi connectivity index (χ3n) is 5.93. The van der Waals surface area contributed by atoms with Gasteiger partial charge in [-0.1, -0.05) is 6.07 Å². The number of hydrogen-bond acceptors (Lipinski definition) is 6. The fraction of sp³-hybridized carbons (Fsp3) is 0.478. The molecule has 9 heteroatoms. The summed E-state index contributed by atoms with van der Waals surface area (Å²) < 4.78 is 11.1. The number of rotatable bonds is 9. The SMILES string of the molecule is Cc1ccc(C(=O)N(CC(=O)N(Cc2ccco2)CC2CCCO2)C2CC2)cc1[N+](=O)[O-]. The predicted molar refractivity (Wildman–Crippen MR) is 115 cm³/mol. The average molecular weight is 441 g/mol. The Balaban J connectivity index is 1.51. The van der Waals surface area contributed by atoms with Gasteiger partial charge >= 0.3 is 0 Å². The molecule has 2 aromatic rings. The minimum absolute atomic E-state index is 0.0278. The lowest BCUT2D eigenvalue weighted by Crippen LogP contribution is -2.45. The topological polar surface area (TPSA) is 106 Å². The van der Waals surface area contributed by atoms with Crippen LogP contribution in [0, 0.1) is 17.0 Å². The van der Waals surface area contributed by atoms with Crippen LogP contribution in [0.3, 0.4) is 0 Å². The van der Waals surface area contributed by atoms with Crippen molar-refractivity contribution in [3.8, 4) is 0 Å². The number of ether oxygens (including phenoxy) is 1. The fourth-order valence-corrected chi connectivity index (χ4v) is 3.98. The van der Waals surface area contributed by atoms with Crippen LogP contribution in [-0.2, 0) is 16.1 Å². The largest absolute Gasteiger partial charge is 0.467 e. The van der Waals surface area contributed by atoms with E-state index in [4.69, 9.17) is 9.15 Å². The van der Waals surface area contributed by atoms with Crippen LogP contribution in [0.25, 0.3) is 0 Å². The Morgan fingerprint density at radius 2 is 2.03 bits per heavy atom. The Kier molecular flexibility index (Phi) is 6.55.